The molecular formula is C25H26ClN3O4S. The van der Waals surface area contributed by atoms with Crippen molar-refractivity contribution < 1.29 is 17.4 Å². The maximum atomic E-state index is 12.0. The molecule has 0 saturated heterocycles. The van der Waals surface area contributed by atoms with Crippen molar-refractivity contribution in [2.75, 3.05) is 0 Å². The Morgan fingerprint density at radius 3 is 1.97 bits per heavy atom. The highest BCUT2D eigenvalue weighted by atomic mass is 35.5. The fourth-order valence-corrected chi connectivity index (χ4v) is 4.44. The second-order valence-electron chi connectivity index (χ2n) is 7.48. The van der Waals surface area contributed by atoms with Gasteiger partial charge in [-0.05, 0) is 41.8 Å². The lowest BCUT2D eigenvalue weighted by molar-refractivity contribution is 0.275. The van der Waals surface area contributed by atoms with Gasteiger partial charge in [0.25, 0.3) is 0 Å². The third-order valence-corrected chi connectivity index (χ3v) is 6.24. The second-order valence-corrected chi connectivity index (χ2v) is 9.28. The Morgan fingerprint density at radius 2 is 1.53 bits per heavy atom. The normalized spacial score (nSPS) is 12.1. The van der Waals surface area contributed by atoms with E-state index < -0.39 is 16.3 Å². The highest BCUT2D eigenvalue weighted by molar-refractivity contribution is 7.83. The number of hydrogen-bond donors (Lipinski definition) is 1. The quantitative estimate of drug-likeness (QED) is 0.307. The summed E-state index contributed by atoms with van der Waals surface area (Å²) in [7, 11) is -4.39. The molecule has 0 amide bonds. The van der Waals surface area contributed by atoms with E-state index in [-0.39, 0.29) is 6.54 Å². The molecule has 3 aromatic carbocycles. The molecule has 178 valence electrons. The minimum atomic E-state index is -4.39. The van der Waals surface area contributed by atoms with Gasteiger partial charge < -0.3 is 4.42 Å². The van der Waals surface area contributed by atoms with Crippen LogP contribution in [0.4, 0.5) is 0 Å². The Morgan fingerprint density at radius 1 is 0.941 bits per heavy atom. The summed E-state index contributed by atoms with van der Waals surface area (Å²) >= 11 is 5.54. The van der Waals surface area contributed by atoms with Crippen molar-refractivity contribution >= 4 is 21.9 Å². The molecule has 0 unspecified atom stereocenters. The van der Waals surface area contributed by atoms with E-state index in [1.165, 1.54) is 0 Å². The third kappa shape index (κ3) is 7.23. The van der Waals surface area contributed by atoms with Gasteiger partial charge in [0.05, 0.1) is 6.04 Å². The zero-order valence-electron chi connectivity index (χ0n) is 18.9. The number of halogens is 1. The van der Waals surface area contributed by atoms with Crippen LogP contribution in [0.1, 0.15) is 36.4 Å². The first-order valence-corrected chi connectivity index (χ1v) is 12.4. The predicted octanol–water partition coefficient (Wildman–Crippen LogP) is 6.14. The average molecular weight is 500 g/mol. The van der Waals surface area contributed by atoms with Gasteiger partial charge in [-0.3, -0.25) is 4.55 Å². The molecule has 0 radical (unpaired) electrons. The lowest BCUT2D eigenvalue weighted by atomic mass is 10.0. The molecule has 0 bridgehead atoms. The minimum Gasteiger partial charge on any atom is -0.421 e. The summed E-state index contributed by atoms with van der Waals surface area (Å²) in [6.45, 7) is 3.65. The Balaban J connectivity index is 0.000000396. The number of hydrogen-bond acceptors (Lipinski definition) is 5. The van der Waals surface area contributed by atoms with Gasteiger partial charge in [-0.1, -0.05) is 79.2 Å². The van der Waals surface area contributed by atoms with Crippen molar-refractivity contribution in [2.24, 2.45) is 0 Å². The Bertz CT molecular complexity index is 1260. The monoisotopic (exact) mass is 499 g/mol. The maximum Gasteiger partial charge on any atom is 0.336 e. The molecular weight excluding hydrogens is 474 g/mol. The molecule has 0 aliphatic heterocycles. The van der Waals surface area contributed by atoms with Gasteiger partial charge in [0, 0.05) is 24.1 Å². The predicted molar refractivity (Wildman–Crippen MR) is 132 cm³/mol. The summed E-state index contributed by atoms with van der Waals surface area (Å²) in [5.41, 5.74) is 2.31. The molecule has 0 fully saturated rings. The summed E-state index contributed by atoms with van der Waals surface area (Å²) in [6, 6.07) is 25.4. The second kappa shape index (κ2) is 11.9. The van der Waals surface area contributed by atoms with Crippen LogP contribution in [0.3, 0.4) is 0 Å². The van der Waals surface area contributed by atoms with Crippen LogP contribution in [0.5, 0.6) is 0 Å². The Labute approximate surface area is 204 Å². The van der Waals surface area contributed by atoms with Crippen molar-refractivity contribution in [3.05, 3.63) is 107 Å². The van der Waals surface area contributed by atoms with Gasteiger partial charge in [0.15, 0.2) is 0 Å². The first-order valence-electron chi connectivity index (χ1n) is 10.7. The first kappa shape index (κ1) is 25.6. The zero-order chi connectivity index (χ0) is 24.6. The first-order chi connectivity index (χ1) is 16.3. The molecule has 7 nitrogen and oxygen atoms in total. The van der Waals surface area contributed by atoms with Crippen LogP contribution in [0, 0.1) is 6.92 Å². The number of aryl methyl sites for hydroxylation is 1. The number of aromatic nitrogens is 2. The number of benzene rings is 3. The van der Waals surface area contributed by atoms with E-state index in [0.717, 1.165) is 26.0 Å². The summed E-state index contributed by atoms with van der Waals surface area (Å²) in [5, 5.41) is 8.55. The van der Waals surface area contributed by atoms with Crippen molar-refractivity contribution in [1.82, 2.24) is 14.5 Å². The minimum absolute atomic E-state index is 0.0510. The summed E-state index contributed by atoms with van der Waals surface area (Å²) in [5.74, 6) is 0.877. The molecule has 9 heteroatoms. The Hall–Kier alpha value is -3.04. The largest absolute Gasteiger partial charge is 0.421 e. The van der Waals surface area contributed by atoms with Crippen LogP contribution in [0.2, 0.25) is 5.02 Å². The lowest BCUT2D eigenvalue weighted by Gasteiger charge is -2.28. The fraction of sp³-hybridized carbons (Fsp3) is 0.200. The number of rotatable bonds is 7. The Kier molecular flexibility index (Phi) is 8.95. The molecule has 1 aromatic heterocycles. The molecule has 0 spiro atoms. The van der Waals surface area contributed by atoms with E-state index in [1.807, 2.05) is 67.6 Å². The van der Waals surface area contributed by atoms with Crippen LogP contribution in [-0.4, -0.2) is 27.5 Å². The average Bonchev–Trinajstić information content (AvgIpc) is 3.27. The summed E-state index contributed by atoms with van der Waals surface area (Å²) in [4.78, 5) is 0. The van der Waals surface area contributed by atoms with Crippen LogP contribution in [0.25, 0.3) is 11.5 Å². The van der Waals surface area contributed by atoms with Gasteiger partial charge in [-0.2, -0.15) is 12.7 Å². The highest BCUT2D eigenvalue weighted by Gasteiger charge is 2.28. The SMILES string of the molecule is CC[C@@H](c1ccccc1)N(Cc1ccc(-c2nnc(C)o2)cc1)S(=O)(=O)O.Clc1ccccc1. The van der Waals surface area contributed by atoms with Gasteiger partial charge in [-0.25, -0.2) is 0 Å². The number of nitrogens with zero attached hydrogens (tertiary/aromatic N) is 3. The zero-order valence-corrected chi connectivity index (χ0v) is 20.4. The smallest absolute Gasteiger partial charge is 0.336 e. The molecule has 4 aromatic rings. The van der Waals surface area contributed by atoms with Crippen LogP contribution in [-0.2, 0) is 16.8 Å². The molecule has 1 N–H and O–H groups in total. The van der Waals surface area contributed by atoms with Crippen LogP contribution in [0.15, 0.2) is 89.3 Å². The highest BCUT2D eigenvalue weighted by Crippen LogP contribution is 2.29. The molecule has 1 heterocycles. The van der Waals surface area contributed by atoms with E-state index in [4.69, 9.17) is 16.0 Å². The van der Waals surface area contributed by atoms with Crippen molar-refractivity contribution in [3.63, 3.8) is 0 Å². The van der Waals surface area contributed by atoms with E-state index in [2.05, 4.69) is 10.2 Å². The van der Waals surface area contributed by atoms with Gasteiger partial charge in [0.1, 0.15) is 0 Å². The van der Waals surface area contributed by atoms with E-state index in [1.54, 1.807) is 31.2 Å². The van der Waals surface area contributed by atoms with Gasteiger partial charge in [0.2, 0.25) is 11.8 Å². The molecule has 34 heavy (non-hydrogen) atoms. The van der Waals surface area contributed by atoms with Crippen molar-refractivity contribution in [3.8, 4) is 11.5 Å². The summed E-state index contributed by atoms with van der Waals surface area (Å²) < 4.78 is 40.4. The van der Waals surface area contributed by atoms with E-state index in [9.17, 15) is 13.0 Å². The fourth-order valence-electron chi connectivity index (χ4n) is 3.39. The standard InChI is InChI=1S/C19H21N3O4S.C6H5Cl/c1-3-18(16-7-5-4-6-8-16)22(27(23,24)25)13-15-9-11-17(12-10-15)19-21-20-14(2)26-19;7-6-4-2-1-3-5-6/h4-12,18H,3,13H2,1-2H3,(H,23,24,25);1-5H/t18-;/m0./s1. The molecule has 0 aliphatic carbocycles. The maximum absolute atomic E-state index is 12.0. The van der Waals surface area contributed by atoms with E-state index in [0.29, 0.717) is 18.2 Å². The van der Waals surface area contributed by atoms with Crippen molar-refractivity contribution in [1.29, 1.82) is 0 Å². The van der Waals surface area contributed by atoms with Gasteiger partial charge in [-0.15, -0.1) is 10.2 Å². The molecule has 0 aliphatic rings. The molecule has 4 rings (SSSR count). The molecule has 0 saturated carbocycles. The molecule has 1 atom stereocenters. The lowest BCUT2D eigenvalue weighted by Crippen LogP contribution is -2.33. The van der Waals surface area contributed by atoms with Crippen molar-refractivity contribution in [2.45, 2.75) is 32.9 Å². The van der Waals surface area contributed by atoms with Gasteiger partial charge >= 0.3 is 10.3 Å². The summed E-state index contributed by atoms with van der Waals surface area (Å²) in [6.07, 6.45) is 0.531. The topological polar surface area (TPSA) is 96.5 Å². The van der Waals surface area contributed by atoms with Crippen LogP contribution < -0.4 is 0 Å². The van der Waals surface area contributed by atoms with E-state index >= 15 is 0 Å². The third-order valence-electron chi connectivity index (χ3n) is 5.01. The van der Waals surface area contributed by atoms with Crippen LogP contribution >= 0.6 is 11.6 Å².